The average molecular weight is 526 g/mol. The highest BCUT2D eigenvalue weighted by Crippen LogP contribution is 2.27. The summed E-state index contributed by atoms with van der Waals surface area (Å²) in [7, 11) is -4.23. The lowest BCUT2D eigenvalue weighted by molar-refractivity contribution is -0.114. The number of hydrogen-bond donors (Lipinski definition) is 1. The molecule has 10 heteroatoms. The van der Waals surface area contributed by atoms with Gasteiger partial charge in [-0.1, -0.05) is 12.1 Å². The maximum atomic E-state index is 13.5. The number of sulfonamides is 1. The van der Waals surface area contributed by atoms with Crippen LogP contribution in [0.3, 0.4) is 0 Å². The van der Waals surface area contributed by atoms with Crippen LogP contribution in [0.1, 0.15) is 30.1 Å². The number of carbonyl (C=O) groups excluding carboxylic acids is 2. The maximum absolute atomic E-state index is 13.5. The molecule has 0 aromatic heterocycles. The van der Waals surface area contributed by atoms with Crippen molar-refractivity contribution in [3.63, 3.8) is 0 Å². The molecule has 3 aromatic carbocycles. The minimum absolute atomic E-state index is 0.166. The predicted molar refractivity (Wildman–Crippen MR) is 139 cm³/mol. The van der Waals surface area contributed by atoms with Crippen LogP contribution in [0, 0.1) is 5.82 Å². The number of nitrogens with one attached hydrogen (secondary N) is 1. The van der Waals surface area contributed by atoms with Crippen molar-refractivity contribution < 1.29 is 27.1 Å². The Morgan fingerprint density at radius 2 is 1.62 bits per heavy atom. The van der Waals surface area contributed by atoms with Crippen LogP contribution in [0.2, 0.25) is 0 Å². The lowest BCUT2D eigenvalue weighted by Crippen LogP contribution is -2.38. The van der Waals surface area contributed by atoms with Gasteiger partial charge in [0.05, 0.1) is 28.4 Å². The second kappa shape index (κ2) is 11.4. The number of halogens is 1. The van der Waals surface area contributed by atoms with Crippen molar-refractivity contribution in [2.24, 2.45) is 0 Å². The van der Waals surface area contributed by atoms with Gasteiger partial charge < -0.3 is 15.0 Å². The Morgan fingerprint density at radius 3 is 2.27 bits per heavy atom. The number of anilines is 2. The molecule has 0 radical (unpaired) electrons. The first kappa shape index (κ1) is 26.2. The summed E-state index contributed by atoms with van der Waals surface area (Å²) in [4.78, 5) is 27.7. The molecule has 0 atom stereocenters. The van der Waals surface area contributed by atoms with Gasteiger partial charge in [-0.15, -0.1) is 0 Å². The summed E-state index contributed by atoms with van der Waals surface area (Å²) in [6.45, 7) is 3.01. The summed E-state index contributed by atoms with van der Waals surface area (Å²) in [5.74, 6) is -0.857. The molecule has 0 spiro atoms. The fourth-order valence-corrected chi connectivity index (χ4v) is 5.53. The minimum Gasteiger partial charge on any atom is -0.494 e. The maximum Gasteiger partial charge on any atom is 0.264 e. The van der Waals surface area contributed by atoms with Crippen LogP contribution in [-0.4, -0.2) is 51.4 Å². The third kappa shape index (κ3) is 6.08. The smallest absolute Gasteiger partial charge is 0.264 e. The van der Waals surface area contributed by atoms with E-state index in [-0.39, 0.29) is 16.5 Å². The number of para-hydroxylation sites is 1. The summed E-state index contributed by atoms with van der Waals surface area (Å²) in [6.07, 6.45) is 1.86. The number of rotatable bonds is 9. The summed E-state index contributed by atoms with van der Waals surface area (Å²) in [5.41, 5.74) is 0.867. The van der Waals surface area contributed by atoms with E-state index in [0.717, 1.165) is 41.4 Å². The Kier molecular flexibility index (Phi) is 8.08. The first-order chi connectivity index (χ1) is 17.8. The van der Waals surface area contributed by atoms with Crippen molar-refractivity contribution in [3.8, 4) is 5.75 Å². The van der Waals surface area contributed by atoms with E-state index >= 15 is 0 Å². The molecule has 0 bridgehead atoms. The molecular weight excluding hydrogens is 497 g/mol. The highest BCUT2D eigenvalue weighted by Gasteiger charge is 2.28. The highest BCUT2D eigenvalue weighted by molar-refractivity contribution is 7.92. The van der Waals surface area contributed by atoms with Crippen molar-refractivity contribution in [2.75, 3.05) is 35.9 Å². The van der Waals surface area contributed by atoms with Gasteiger partial charge in [-0.3, -0.25) is 13.9 Å². The monoisotopic (exact) mass is 525 g/mol. The van der Waals surface area contributed by atoms with Crippen LogP contribution in [-0.2, 0) is 14.8 Å². The van der Waals surface area contributed by atoms with Crippen molar-refractivity contribution in [3.05, 3.63) is 84.2 Å². The van der Waals surface area contributed by atoms with Crippen molar-refractivity contribution >= 4 is 33.2 Å². The average Bonchev–Trinajstić information content (AvgIpc) is 3.43. The number of carbonyl (C=O) groups is 2. The van der Waals surface area contributed by atoms with Gasteiger partial charge in [-0.05, 0) is 80.4 Å². The lowest BCUT2D eigenvalue weighted by Gasteiger charge is -2.25. The van der Waals surface area contributed by atoms with Gasteiger partial charge in [0.2, 0.25) is 5.91 Å². The zero-order valence-electron chi connectivity index (χ0n) is 20.4. The van der Waals surface area contributed by atoms with Crippen LogP contribution in [0.5, 0.6) is 5.75 Å². The fraction of sp³-hybridized carbons (Fsp3) is 0.259. The Labute approximate surface area is 215 Å². The summed E-state index contributed by atoms with van der Waals surface area (Å²) in [5, 5.41) is 2.70. The third-order valence-corrected chi connectivity index (χ3v) is 7.74. The Balaban J connectivity index is 1.62. The van der Waals surface area contributed by atoms with Gasteiger partial charge in [0.1, 0.15) is 18.1 Å². The molecule has 0 aliphatic carbocycles. The van der Waals surface area contributed by atoms with Gasteiger partial charge in [0.25, 0.3) is 15.9 Å². The van der Waals surface area contributed by atoms with Gasteiger partial charge in [0.15, 0.2) is 0 Å². The number of hydrogen-bond acceptors (Lipinski definition) is 5. The zero-order valence-corrected chi connectivity index (χ0v) is 21.2. The van der Waals surface area contributed by atoms with Gasteiger partial charge in [-0.25, -0.2) is 12.8 Å². The zero-order chi connectivity index (χ0) is 26.4. The molecular formula is C27H28FN3O5S. The first-order valence-electron chi connectivity index (χ1n) is 12.0. The molecule has 0 saturated carbocycles. The molecule has 1 heterocycles. The molecule has 0 unspecified atom stereocenters. The second-order valence-electron chi connectivity index (χ2n) is 8.49. The van der Waals surface area contributed by atoms with E-state index in [1.165, 1.54) is 12.1 Å². The van der Waals surface area contributed by atoms with Gasteiger partial charge in [0, 0.05) is 13.1 Å². The van der Waals surface area contributed by atoms with Crippen molar-refractivity contribution in [1.29, 1.82) is 0 Å². The van der Waals surface area contributed by atoms with Crippen LogP contribution in [0.25, 0.3) is 0 Å². The van der Waals surface area contributed by atoms with Crippen LogP contribution in [0.15, 0.2) is 77.7 Å². The van der Waals surface area contributed by atoms with E-state index in [0.29, 0.717) is 36.7 Å². The highest BCUT2D eigenvalue weighted by atomic mass is 32.2. The number of amides is 2. The lowest BCUT2D eigenvalue weighted by atomic mass is 10.1. The third-order valence-electron chi connectivity index (χ3n) is 5.95. The number of ether oxygens (including phenoxy) is 1. The Morgan fingerprint density at radius 1 is 0.973 bits per heavy atom. The summed E-state index contributed by atoms with van der Waals surface area (Å²) < 4.78 is 46.9. The largest absolute Gasteiger partial charge is 0.494 e. The Hall–Kier alpha value is -3.92. The number of likely N-dealkylation sites (tertiary alicyclic amines) is 1. The molecule has 2 amide bonds. The van der Waals surface area contributed by atoms with E-state index in [2.05, 4.69) is 5.32 Å². The number of nitrogens with zero attached hydrogens (tertiary/aromatic N) is 2. The quantitative estimate of drug-likeness (QED) is 0.450. The fourth-order valence-electron chi connectivity index (χ4n) is 4.11. The van der Waals surface area contributed by atoms with Gasteiger partial charge in [-0.2, -0.15) is 0 Å². The minimum atomic E-state index is -4.23. The molecule has 1 fully saturated rings. The van der Waals surface area contributed by atoms with E-state index in [9.17, 15) is 22.4 Å². The summed E-state index contributed by atoms with van der Waals surface area (Å²) in [6, 6.07) is 17.3. The van der Waals surface area contributed by atoms with Crippen molar-refractivity contribution in [2.45, 2.75) is 24.7 Å². The molecule has 4 rings (SSSR count). The molecule has 3 aromatic rings. The standard InChI is InChI=1S/C27H28FN3O5S/c1-2-36-22-13-11-21(12-14-22)31(37(34,35)23-15-9-20(28)10-16-23)19-26(32)29-25-8-4-3-7-24(25)27(33)30-17-5-6-18-30/h3-4,7-16H,2,5-6,17-19H2,1H3,(H,29,32). The molecule has 1 aliphatic heterocycles. The normalized spacial score (nSPS) is 13.3. The SMILES string of the molecule is CCOc1ccc(N(CC(=O)Nc2ccccc2C(=O)N2CCCC2)S(=O)(=O)c2ccc(F)cc2)cc1. The molecule has 1 saturated heterocycles. The van der Waals surface area contributed by atoms with Crippen LogP contribution < -0.4 is 14.4 Å². The van der Waals surface area contributed by atoms with E-state index in [4.69, 9.17) is 4.74 Å². The molecule has 194 valence electrons. The second-order valence-corrected chi connectivity index (χ2v) is 10.3. The van der Waals surface area contributed by atoms with E-state index in [1.54, 1.807) is 41.3 Å². The summed E-state index contributed by atoms with van der Waals surface area (Å²) >= 11 is 0. The predicted octanol–water partition coefficient (Wildman–Crippen LogP) is 4.29. The molecule has 1 aliphatic rings. The van der Waals surface area contributed by atoms with E-state index < -0.39 is 28.3 Å². The molecule has 37 heavy (non-hydrogen) atoms. The van der Waals surface area contributed by atoms with E-state index in [1.807, 2.05) is 6.92 Å². The first-order valence-corrected chi connectivity index (χ1v) is 13.4. The van der Waals surface area contributed by atoms with Crippen LogP contribution >= 0.6 is 0 Å². The van der Waals surface area contributed by atoms with Crippen molar-refractivity contribution in [1.82, 2.24) is 4.90 Å². The van der Waals surface area contributed by atoms with Gasteiger partial charge >= 0.3 is 0 Å². The Bertz CT molecular complexity index is 1360. The molecule has 1 N–H and O–H groups in total. The number of benzene rings is 3. The van der Waals surface area contributed by atoms with Crippen LogP contribution in [0.4, 0.5) is 15.8 Å². The molecule has 8 nitrogen and oxygen atoms in total. The topological polar surface area (TPSA) is 96.0 Å².